The lowest BCUT2D eigenvalue weighted by Crippen LogP contribution is -2.29. The molecule has 0 aliphatic carbocycles. The Kier molecular flexibility index (Phi) is 3.88. The van der Waals surface area contributed by atoms with Crippen molar-refractivity contribution in [3.8, 4) is 11.4 Å². The van der Waals surface area contributed by atoms with Gasteiger partial charge in [-0.3, -0.25) is 0 Å². The Morgan fingerprint density at radius 2 is 2.17 bits per heavy atom. The maximum Gasteiger partial charge on any atom is 0.204 e. The van der Waals surface area contributed by atoms with Crippen molar-refractivity contribution in [2.24, 2.45) is 0 Å². The lowest BCUT2D eigenvalue weighted by molar-refractivity contribution is 0.106. The van der Waals surface area contributed by atoms with Crippen LogP contribution in [0.5, 0.6) is 0 Å². The molecule has 0 aliphatic rings. The standard InChI is InChI=1S/C12H17N5O/c1-8(9(2)18-3)13-11-6-4-5-10(7-11)12-14-16-17-15-12/h4-9,13H,1-3H3,(H,14,15,16,17). The van der Waals surface area contributed by atoms with Crippen molar-refractivity contribution in [1.82, 2.24) is 20.6 Å². The average Bonchev–Trinajstić information content (AvgIpc) is 2.92. The van der Waals surface area contributed by atoms with Gasteiger partial charge in [0.2, 0.25) is 5.82 Å². The van der Waals surface area contributed by atoms with Crippen molar-refractivity contribution in [2.45, 2.75) is 26.0 Å². The molecule has 1 aromatic heterocycles. The zero-order valence-electron chi connectivity index (χ0n) is 10.7. The van der Waals surface area contributed by atoms with Crippen molar-refractivity contribution in [1.29, 1.82) is 0 Å². The molecule has 2 rings (SSSR count). The van der Waals surface area contributed by atoms with Crippen LogP contribution in [0.2, 0.25) is 0 Å². The Morgan fingerprint density at radius 3 is 2.83 bits per heavy atom. The molecule has 6 heteroatoms. The van der Waals surface area contributed by atoms with Gasteiger partial charge in [0.15, 0.2) is 0 Å². The molecule has 18 heavy (non-hydrogen) atoms. The van der Waals surface area contributed by atoms with Crippen LogP contribution in [0, 0.1) is 0 Å². The fourth-order valence-corrected chi connectivity index (χ4v) is 1.62. The molecule has 1 aromatic carbocycles. The number of nitrogens with one attached hydrogen (secondary N) is 2. The Balaban J connectivity index is 2.13. The first-order valence-corrected chi connectivity index (χ1v) is 5.84. The molecule has 2 unspecified atom stereocenters. The molecular weight excluding hydrogens is 230 g/mol. The van der Waals surface area contributed by atoms with E-state index < -0.39 is 0 Å². The van der Waals surface area contributed by atoms with Crippen LogP contribution >= 0.6 is 0 Å². The third-order valence-corrected chi connectivity index (χ3v) is 2.94. The minimum atomic E-state index is 0.138. The summed E-state index contributed by atoms with van der Waals surface area (Å²) in [7, 11) is 1.71. The summed E-state index contributed by atoms with van der Waals surface area (Å²) in [6, 6.07) is 8.11. The van der Waals surface area contributed by atoms with Gasteiger partial charge in [-0.05, 0) is 31.2 Å². The number of methoxy groups -OCH3 is 1. The normalized spacial score (nSPS) is 14.2. The Bertz CT molecular complexity index is 485. The van der Waals surface area contributed by atoms with Crippen LogP contribution in [0.25, 0.3) is 11.4 Å². The van der Waals surface area contributed by atoms with Crippen molar-refractivity contribution in [2.75, 3.05) is 12.4 Å². The topological polar surface area (TPSA) is 75.7 Å². The van der Waals surface area contributed by atoms with E-state index in [4.69, 9.17) is 4.74 Å². The fourth-order valence-electron chi connectivity index (χ4n) is 1.62. The molecule has 1 heterocycles. The molecule has 0 radical (unpaired) electrons. The molecule has 0 saturated heterocycles. The number of H-pyrrole nitrogens is 1. The van der Waals surface area contributed by atoms with Crippen LogP contribution in [0.15, 0.2) is 24.3 Å². The van der Waals surface area contributed by atoms with Crippen molar-refractivity contribution < 1.29 is 4.74 Å². The largest absolute Gasteiger partial charge is 0.380 e. The monoisotopic (exact) mass is 247 g/mol. The van der Waals surface area contributed by atoms with E-state index in [1.54, 1.807) is 7.11 Å². The number of hydrogen-bond acceptors (Lipinski definition) is 5. The predicted molar refractivity (Wildman–Crippen MR) is 69.2 cm³/mol. The molecule has 2 N–H and O–H groups in total. The van der Waals surface area contributed by atoms with Crippen LogP contribution in [-0.2, 0) is 4.74 Å². The van der Waals surface area contributed by atoms with Gasteiger partial charge in [-0.25, -0.2) is 0 Å². The summed E-state index contributed by atoms with van der Waals surface area (Å²) in [6.45, 7) is 4.11. The Labute approximate surface area is 106 Å². The number of ether oxygens (including phenoxy) is 1. The van der Waals surface area contributed by atoms with Gasteiger partial charge in [0.25, 0.3) is 0 Å². The number of aromatic amines is 1. The van der Waals surface area contributed by atoms with Crippen LogP contribution < -0.4 is 5.32 Å². The third kappa shape index (κ3) is 2.84. The van der Waals surface area contributed by atoms with E-state index in [1.165, 1.54) is 0 Å². The van der Waals surface area contributed by atoms with Gasteiger partial charge in [0.05, 0.1) is 6.10 Å². The van der Waals surface area contributed by atoms with E-state index in [0.717, 1.165) is 11.3 Å². The first kappa shape index (κ1) is 12.5. The summed E-state index contributed by atoms with van der Waals surface area (Å²) in [6.07, 6.45) is 0.138. The number of rotatable bonds is 5. The van der Waals surface area contributed by atoms with Gasteiger partial charge in [0, 0.05) is 24.4 Å². The molecular formula is C12H17N5O. The van der Waals surface area contributed by atoms with Gasteiger partial charge in [-0.2, -0.15) is 5.21 Å². The second-order valence-corrected chi connectivity index (χ2v) is 4.19. The van der Waals surface area contributed by atoms with Gasteiger partial charge in [0.1, 0.15) is 0 Å². The molecule has 0 fully saturated rings. The summed E-state index contributed by atoms with van der Waals surface area (Å²) >= 11 is 0. The lowest BCUT2D eigenvalue weighted by atomic mass is 10.1. The first-order valence-electron chi connectivity index (χ1n) is 5.84. The van der Waals surface area contributed by atoms with E-state index in [-0.39, 0.29) is 12.1 Å². The highest BCUT2D eigenvalue weighted by Gasteiger charge is 2.11. The predicted octanol–water partition coefficient (Wildman–Crippen LogP) is 1.70. The molecule has 2 atom stereocenters. The third-order valence-electron chi connectivity index (χ3n) is 2.94. The summed E-state index contributed by atoms with van der Waals surface area (Å²) in [5.41, 5.74) is 1.93. The highest BCUT2D eigenvalue weighted by atomic mass is 16.5. The summed E-state index contributed by atoms with van der Waals surface area (Å²) in [5.74, 6) is 0.589. The molecule has 6 nitrogen and oxygen atoms in total. The maximum absolute atomic E-state index is 5.28. The number of nitrogens with zero attached hydrogens (tertiary/aromatic N) is 3. The molecule has 96 valence electrons. The fraction of sp³-hybridized carbons (Fsp3) is 0.417. The molecule has 2 aromatic rings. The zero-order valence-corrected chi connectivity index (χ0v) is 10.7. The maximum atomic E-state index is 5.28. The number of anilines is 1. The summed E-state index contributed by atoms with van der Waals surface area (Å²) in [4.78, 5) is 0. The number of hydrogen-bond donors (Lipinski definition) is 2. The van der Waals surface area contributed by atoms with Crippen molar-refractivity contribution in [3.63, 3.8) is 0 Å². The van der Waals surface area contributed by atoms with Gasteiger partial charge < -0.3 is 10.1 Å². The number of benzene rings is 1. The average molecular weight is 247 g/mol. The van der Waals surface area contributed by atoms with E-state index in [0.29, 0.717) is 5.82 Å². The Morgan fingerprint density at radius 1 is 1.33 bits per heavy atom. The summed E-state index contributed by atoms with van der Waals surface area (Å²) < 4.78 is 5.28. The second-order valence-electron chi connectivity index (χ2n) is 4.19. The van der Waals surface area contributed by atoms with Gasteiger partial charge in [-0.1, -0.05) is 12.1 Å². The molecule has 0 saturated carbocycles. The molecule has 0 bridgehead atoms. The highest BCUT2D eigenvalue weighted by molar-refractivity contribution is 5.61. The van der Waals surface area contributed by atoms with Crippen LogP contribution in [0.4, 0.5) is 5.69 Å². The highest BCUT2D eigenvalue weighted by Crippen LogP contribution is 2.19. The second kappa shape index (κ2) is 5.59. The van der Waals surface area contributed by atoms with E-state index in [2.05, 4.69) is 32.9 Å². The number of tetrazole rings is 1. The van der Waals surface area contributed by atoms with Crippen LogP contribution in [-0.4, -0.2) is 39.9 Å². The van der Waals surface area contributed by atoms with Crippen molar-refractivity contribution >= 4 is 5.69 Å². The lowest BCUT2D eigenvalue weighted by Gasteiger charge is -2.21. The van der Waals surface area contributed by atoms with E-state index in [9.17, 15) is 0 Å². The van der Waals surface area contributed by atoms with E-state index in [1.807, 2.05) is 31.2 Å². The minimum absolute atomic E-state index is 0.138. The number of aromatic nitrogens is 4. The smallest absolute Gasteiger partial charge is 0.204 e. The van der Waals surface area contributed by atoms with Gasteiger partial charge >= 0.3 is 0 Å². The summed E-state index contributed by atoms with van der Waals surface area (Å²) in [5, 5.41) is 17.3. The minimum Gasteiger partial charge on any atom is -0.380 e. The van der Waals surface area contributed by atoms with Crippen LogP contribution in [0.3, 0.4) is 0 Å². The Hall–Kier alpha value is -1.95. The van der Waals surface area contributed by atoms with Gasteiger partial charge in [-0.15, -0.1) is 10.2 Å². The SMILES string of the molecule is COC(C)C(C)Nc1cccc(-c2nn[nH]n2)c1. The van der Waals surface area contributed by atoms with E-state index >= 15 is 0 Å². The zero-order chi connectivity index (χ0) is 13.0. The molecule has 0 amide bonds. The first-order chi connectivity index (χ1) is 8.70. The van der Waals surface area contributed by atoms with Crippen molar-refractivity contribution in [3.05, 3.63) is 24.3 Å². The quantitative estimate of drug-likeness (QED) is 0.841. The molecule has 0 aliphatic heterocycles. The molecule has 0 spiro atoms. The van der Waals surface area contributed by atoms with Crippen LogP contribution in [0.1, 0.15) is 13.8 Å².